The average molecular weight is 496 g/mol. The molecule has 1 heterocycles. The van der Waals surface area contributed by atoms with Crippen LogP contribution in [-0.4, -0.2) is 0 Å². The first-order valence-electron chi connectivity index (χ1n) is 12.6. The summed E-state index contributed by atoms with van der Waals surface area (Å²) in [5.74, 6) is 0. The Balaban J connectivity index is 1.86. The lowest BCUT2D eigenvalue weighted by atomic mass is 10.0. The van der Waals surface area contributed by atoms with Crippen LogP contribution in [0.25, 0.3) is 21.9 Å². The summed E-state index contributed by atoms with van der Waals surface area (Å²) in [7, 11) is -1.48. The highest BCUT2D eigenvalue weighted by atomic mass is 31.1. The van der Waals surface area contributed by atoms with E-state index in [1.54, 1.807) is 0 Å². The second-order valence-electron chi connectivity index (χ2n) is 9.89. The minimum absolute atomic E-state index is 0.0778. The molecule has 0 saturated carbocycles. The normalized spacial score (nSPS) is 13.3. The van der Waals surface area contributed by atoms with Gasteiger partial charge in [-0.05, 0) is 87.1 Å². The molecular formula is C32H34NO2P. The third-order valence-electron chi connectivity index (χ3n) is 7.01. The standard InChI is InChI=1S/C32H34NO2P/c1-21-17-23(3)31-29(19-21)30-20-22(2)18-24(4)32(30)35-36(34-31)33(25(5)27-13-9-7-10-14-27)26(6)28-15-11-8-12-16-28/h7-20,25-26H,1-6H3/t25-,26+. The van der Waals surface area contributed by atoms with Gasteiger partial charge in [0, 0.05) is 22.9 Å². The largest absolute Gasteiger partial charge is 0.407 e. The Kier molecular flexibility index (Phi) is 6.79. The van der Waals surface area contributed by atoms with Crippen molar-refractivity contribution < 1.29 is 8.39 Å². The van der Waals surface area contributed by atoms with Crippen LogP contribution in [0.4, 0.5) is 0 Å². The lowest BCUT2D eigenvalue weighted by Crippen LogP contribution is -2.27. The highest BCUT2D eigenvalue weighted by molar-refractivity contribution is 7.39. The predicted octanol–water partition coefficient (Wildman–Crippen LogP) is 9.98. The average Bonchev–Trinajstić information content (AvgIpc) is 3.03. The lowest BCUT2D eigenvalue weighted by Gasteiger charge is -2.31. The molecule has 3 nitrogen and oxygen atoms in total. The van der Waals surface area contributed by atoms with E-state index in [4.69, 9.17) is 8.39 Å². The predicted molar refractivity (Wildman–Crippen MR) is 153 cm³/mol. The van der Waals surface area contributed by atoms with Crippen molar-refractivity contribution in [3.05, 3.63) is 118 Å². The molecular weight excluding hydrogens is 461 g/mol. The van der Waals surface area contributed by atoms with Crippen LogP contribution in [0.3, 0.4) is 0 Å². The zero-order valence-electron chi connectivity index (χ0n) is 21.9. The van der Waals surface area contributed by atoms with Crippen LogP contribution in [0.15, 0.2) is 93.3 Å². The number of benzene rings is 4. The van der Waals surface area contributed by atoms with Crippen LogP contribution in [0, 0.1) is 27.7 Å². The molecule has 0 unspecified atom stereocenters. The van der Waals surface area contributed by atoms with Crippen molar-refractivity contribution >= 4 is 30.1 Å². The first-order valence-corrected chi connectivity index (χ1v) is 13.7. The third-order valence-corrected chi connectivity index (χ3v) is 8.76. The Hall–Kier alpha value is -3.26. The molecule has 0 aliphatic carbocycles. The topological polar surface area (TPSA) is 29.5 Å². The van der Waals surface area contributed by atoms with Gasteiger partial charge in [0.1, 0.15) is 11.2 Å². The van der Waals surface area contributed by atoms with Crippen LogP contribution >= 0.6 is 8.16 Å². The molecule has 2 atom stereocenters. The van der Waals surface area contributed by atoms with E-state index in [1.807, 2.05) is 0 Å². The van der Waals surface area contributed by atoms with Gasteiger partial charge in [-0.2, -0.15) is 4.67 Å². The summed E-state index contributed by atoms with van der Waals surface area (Å²) >= 11 is 0. The molecule has 0 spiro atoms. The fourth-order valence-electron chi connectivity index (χ4n) is 5.21. The molecule has 0 fully saturated rings. The second kappa shape index (κ2) is 10.0. The van der Waals surface area contributed by atoms with Gasteiger partial charge >= 0.3 is 8.16 Å². The Morgan fingerprint density at radius 3 is 1.36 bits per heavy atom. The molecule has 4 aromatic carbocycles. The molecule has 5 rings (SSSR count). The van der Waals surface area contributed by atoms with Crippen LogP contribution in [0.2, 0.25) is 0 Å². The molecule has 0 aliphatic heterocycles. The van der Waals surface area contributed by atoms with E-state index >= 15 is 0 Å². The van der Waals surface area contributed by atoms with Gasteiger partial charge in [0.2, 0.25) is 0 Å². The Morgan fingerprint density at radius 2 is 0.972 bits per heavy atom. The van der Waals surface area contributed by atoms with Crippen molar-refractivity contribution in [2.24, 2.45) is 0 Å². The first-order chi connectivity index (χ1) is 17.3. The fraction of sp³-hybridized carbons (Fsp3) is 0.250. The Bertz CT molecular complexity index is 1440. The van der Waals surface area contributed by atoms with E-state index in [0.717, 1.165) is 33.1 Å². The van der Waals surface area contributed by atoms with Gasteiger partial charge in [0.25, 0.3) is 0 Å². The van der Waals surface area contributed by atoms with Gasteiger partial charge in [0.15, 0.2) is 0 Å². The molecule has 0 saturated heterocycles. The molecule has 0 aliphatic rings. The molecule has 1 aromatic heterocycles. The Morgan fingerprint density at radius 1 is 0.583 bits per heavy atom. The molecule has 36 heavy (non-hydrogen) atoms. The summed E-state index contributed by atoms with van der Waals surface area (Å²) in [6, 6.07) is 30.3. The summed E-state index contributed by atoms with van der Waals surface area (Å²) in [6.45, 7) is 13.1. The van der Waals surface area contributed by atoms with Gasteiger partial charge in [-0.3, -0.25) is 0 Å². The first kappa shape index (κ1) is 24.4. The summed E-state index contributed by atoms with van der Waals surface area (Å²) in [5, 5.41) is 2.22. The minimum atomic E-state index is -1.48. The van der Waals surface area contributed by atoms with Crippen LogP contribution in [-0.2, 0) is 0 Å². The lowest BCUT2D eigenvalue weighted by molar-refractivity contribution is 0.557. The number of fused-ring (bicyclic) bond motifs is 3. The van der Waals surface area contributed by atoms with E-state index in [2.05, 4.69) is 131 Å². The van der Waals surface area contributed by atoms with Crippen molar-refractivity contribution in [3.8, 4) is 0 Å². The quantitative estimate of drug-likeness (QED) is 0.243. The number of rotatable bonds is 5. The SMILES string of the molecule is Cc1cc(C)c2op(N([C@H](C)c3ccccc3)[C@@H](C)c3ccccc3)oc3c(C)cc(C)cc3c2c1. The van der Waals surface area contributed by atoms with Crippen LogP contribution in [0.5, 0.6) is 0 Å². The number of hydrogen-bond donors (Lipinski definition) is 0. The summed E-state index contributed by atoms with van der Waals surface area (Å²) in [6.07, 6.45) is 0. The monoisotopic (exact) mass is 495 g/mol. The highest BCUT2D eigenvalue weighted by Crippen LogP contribution is 2.47. The van der Waals surface area contributed by atoms with E-state index in [-0.39, 0.29) is 12.1 Å². The second-order valence-corrected chi connectivity index (χ2v) is 11.2. The van der Waals surface area contributed by atoms with Gasteiger partial charge in [-0.1, -0.05) is 72.8 Å². The molecule has 0 radical (unpaired) electrons. The number of aryl methyl sites for hydroxylation is 4. The molecule has 5 aromatic rings. The van der Waals surface area contributed by atoms with Crippen molar-refractivity contribution in [3.63, 3.8) is 0 Å². The number of nitrogens with zero attached hydrogens (tertiary/aromatic N) is 1. The maximum atomic E-state index is 6.94. The van der Waals surface area contributed by atoms with Crippen molar-refractivity contribution in [2.45, 2.75) is 53.6 Å². The summed E-state index contributed by atoms with van der Waals surface area (Å²) in [4.78, 5) is 0. The summed E-state index contributed by atoms with van der Waals surface area (Å²) in [5.41, 5.74) is 9.01. The highest BCUT2D eigenvalue weighted by Gasteiger charge is 2.29. The van der Waals surface area contributed by atoms with E-state index in [0.29, 0.717) is 0 Å². The van der Waals surface area contributed by atoms with Crippen LogP contribution in [0.1, 0.15) is 59.3 Å². The molecule has 184 valence electrons. The van der Waals surface area contributed by atoms with Crippen molar-refractivity contribution in [1.29, 1.82) is 0 Å². The fourth-order valence-corrected chi connectivity index (χ4v) is 7.06. The zero-order valence-corrected chi connectivity index (χ0v) is 22.8. The van der Waals surface area contributed by atoms with Gasteiger partial charge in [-0.25, -0.2) is 0 Å². The molecule has 4 heteroatoms. The molecule has 0 N–H and O–H groups in total. The van der Waals surface area contributed by atoms with Gasteiger partial charge < -0.3 is 8.39 Å². The van der Waals surface area contributed by atoms with E-state index in [1.165, 1.54) is 22.3 Å². The third kappa shape index (κ3) is 4.62. The minimum Gasteiger partial charge on any atom is -0.407 e. The van der Waals surface area contributed by atoms with Crippen molar-refractivity contribution in [2.75, 3.05) is 4.67 Å². The van der Waals surface area contributed by atoms with Gasteiger partial charge in [0.05, 0.1) is 0 Å². The van der Waals surface area contributed by atoms with E-state index in [9.17, 15) is 0 Å². The number of hydrogen-bond acceptors (Lipinski definition) is 3. The van der Waals surface area contributed by atoms with Crippen molar-refractivity contribution in [1.82, 2.24) is 0 Å². The summed E-state index contributed by atoms with van der Waals surface area (Å²) < 4.78 is 16.3. The van der Waals surface area contributed by atoms with E-state index < -0.39 is 8.16 Å². The zero-order chi connectivity index (χ0) is 25.4. The maximum absolute atomic E-state index is 6.94. The van der Waals surface area contributed by atoms with Crippen LogP contribution < -0.4 is 4.67 Å². The smallest absolute Gasteiger partial charge is 0.310 e. The van der Waals surface area contributed by atoms with Gasteiger partial charge in [-0.15, -0.1) is 0 Å². The molecule has 0 amide bonds. The maximum Gasteiger partial charge on any atom is 0.310 e. The Labute approximate surface area is 215 Å². The molecule has 0 bridgehead atoms.